The third-order valence-electron chi connectivity index (χ3n) is 4.95. The molecule has 0 spiro atoms. The minimum absolute atomic E-state index is 0.308. The Morgan fingerprint density at radius 2 is 2.14 bits per heavy atom. The van der Waals surface area contributed by atoms with Gasteiger partial charge in [-0.1, -0.05) is 17.0 Å². The number of carbonyl (C=O) groups is 1. The van der Waals surface area contributed by atoms with Crippen molar-refractivity contribution in [1.82, 2.24) is 19.9 Å². The fraction of sp³-hybridized carbons (Fsp3) is 0.333. The van der Waals surface area contributed by atoms with Gasteiger partial charge in [0.15, 0.2) is 17.1 Å². The zero-order valence-electron chi connectivity index (χ0n) is 16.3. The van der Waals surface area contributed by atoms with E-state index in [-0.39, 0.29) is 0 Å². The van der Waals surface area contributed by atoms with E-state index in [0.29, 0.717) is 28.5 Å². The number of amides is 1. The lowest BCUT2D eigenvalue weighted by Crippen LogP contribution is -2.18. The Balaban J connectivity index is 1.70. The molecule has 1 amide bonds. The summed E-state index contributed by atoms with van der Waals surface area (Å²) in [6, 6.07) is 5.16. The van der Waals surface area contributed by atoms with Gasteiger partial charge in [-0.05, 0) is 51.7 Å². The molecule has 0 saturated heterocycles. The molecule has 3 N–H and O–H groups in total. The lowest BCUT2D eigenvalue weighted by atomic mass is 9.95. The van der Waals surface area contributed by atoms with Crippen molar-refractivity contribution in [2.75, 3.05) is 0 Å². The van der Waals surface area contributed by atoms with Crippen molar-refractivity contribution in [1.29, 1.82) is 0 Å². The van der Waals surface area contributed by atoms with E-state index in [1.165, 1.54) is 0 Å². The molecule has 3 heterocycles. The minimum Gasteiger partial charge on any atom is -0.372 e. The van der Waals surface area contributed by atoms with Crippen LogP contribution in [0.15, 0.2) is 28.9 Å². The van der Waals surface area contributed by atoms with E-state index >= 15 is 0 Å². The molecule has 1 atom stereocenters. The van der Waals surface area contributed by atoms with Crippen LogP contribution in [0.5, 0.6) is 0 Å². The molecule has 0 bridgehead atoms. The average Bonchev–Trinajstić information content (AvgIpc) is 3.31. The third-order valence-corrected chi connectivity index (χ3v) is 4.95. The van der Waals surface area contributed by atoms with Crippen LogP contribution in [0.3, 0.4) is 0 Å². The van der Waals surface area contributed by atoms with E-state index in [0.717, 1.165) is 36.9 Å². The number of pyridine rings is 1. The Morgan fingerprint density at radius 3 is 2.86 bits per heavy atom. The predicted molar refractivity (Wildman–Crippen MR) is 104 cm³/mol. The van der Waals surface area contributed by atoms with Crippen molar-refractivity contribution in [2.45, 2.75) is 45.1 Å². The summed E-state index contributed by atoms with van der Waals surface area (Å²) in [5.74, 6) is 6.40. The quantitative estimate of drug-likeness (QED) is 0.657. The Bertz CT molecular complexity index is 1150. The fourth-order valence-electron chi connectivity index (χ4n) is 3.45. The van der Waals surface area contributed by atoms with Crippen molar-refractivity contribution in [3.8, 4) is 17.7 Å². The van der Waals surface area contributed by atoms with Gasteiger partial charge in [-0.2, -0.15) is 5.10 Å². The number of aliphatic hydroxyl groups is 1. The van der Waals surface area contributed by atoms with Crippen LogP contribution in [-0.2, 0) is 18.4 Å². The van der Waals surface area contributed by atoms with E-state index < -0.39 is 11.5 Å². The van der Waals surface area contributed by atoms with Crippen LogP contribution in [0.2, 0.25) is 0 Å². The first-order chi connectivity index (χ1) is 13.8. The molecular weight excluding hydrogens is 370 g/mol. The SMILES string of the molecule is Cc1cc(C(C)(O)C#Cc2ccnc(-n3nc(C(N)=O)c4c3CCCC4)c2)no1. The van der Waals surface area contributed by atoms with E-state index in [1.807, 2.05) is 0 Å². The molecule has 4 rings (SSSR count). The topological polar surface area (TPSA) is 120 Å². The highest BCUT2D eigenvalue weighted by atomic mass is 16.5. The van der Waals surface area contributed by atoms with E-state index in [1.54, 1.807) is 42.9 Å². The van der Waals surface area contributed by atoms with Crippen LogP contribution in [0.1, 0.15) is 58.5 Å². The molecule has 1 unspecified atom stereocenters. The number of nitrogens with zero attached hydrogens (tertiary/aromatic N) is 4. The normalized spacial score (nSPS) is 15.1. The highest BCUT2D eigenvalue weighted by molar-refractivity contribution is 5.92. The summed E-state index contributed by atoms with van der Waals surface area (Å²) in [4.78, 5) is 16.2. The summed E-state index contributed by atoms with van der Waals surface area (Å²) in [6.07, 6.45) is 5.25. The standard InChI is InChI=1S/C21H21N5O3/c1-13-11-17(25-29-13)21(2,28)9-7-14-8-10-23-18(12-14)26-16-6-4-3-5-15(16)19(24-26)20(22)27/h8,10-12,28H,3-6H2,1-2H3,(H2,22,27). The molecule has 0 aliphatic heterocycles. The second-order valence-electron chi connectivity index (χ2n) is 7.30. The summed E-state index contributed by atoms with van der Waals surface area (Å²) in [5, 5.41) is 18.8. The van der Waals surface area contributed by atoms with Gasteiger partial charge in [-0.15, -0.1) is 0 Å². The molecule has 1 aliphatic rings. The average molecular weight is 391 g/mol. The molecule has 29 heavy (non-hydrogen) atoms. The van der Waals surface area contributed by atoms with Crippen LogP contribution in [-0.4, -0.2) is 30.9 Å². The van der Waals surface area contributed by atoms with Gasteiger partial charge in [-0.3, -0.25) is 4.79 Å². The van der Waals surface area contributed by atoms with Gasteiger partial charge in [0.25, 0.3) is 5.91 Å². The molecule has 3 aromatic heterocycles. The molecule has 0 saturated carbocycles. The van der Waals surface area contributed by atoms with Gasteiger partial charge in [-0.25, -0.2) is 9.67 Å². The number of hydrogen-bond donors (Lipinski definition) is 2. The maximum absolute atomic E-state index is 11.8. The third kappa shape index (κ3) is 3.65. The predicted octanol–water partition coefficient (Wildman–Crippen LogP) is 1.80. The maximum Gasteiger partial charge on any atom is 0.269 e. The Kier molecular flexibility index (Phi) is 4.68. The summed E-state index contributed by atoms with van der Waals surface area (Å²) in [7, 11) is 0. The van der Waals surface area contributed by atoms with Gasteiger partial charge < -0.3 is 15.4 Å². The maximum atomic E-state index is 11.8. The number of fused-ring (bicyclic) bond motifs is 1. The Hall–Kier alpha value is -3.44. The first-order valence-corrected chi connectivity index (χ1v) is 9.41. The first kappa shape index (κ1) is 18.9. The van der Waals surface area contributed by atoms with Crippen molar-refractivity contribution < 1.29 is 14.4 Å². The number of aromatic nitrogens is 4. The molecular formula is C21H21N5O3. The number of rotatable bonds is 3. The van der Waals surface area contributed by atoms with Gasteiger partial charge in [0, 0.05) is 23.4 Å². The zero-order chi connectivity index (χ0) is 20.6. The minimum atomic E-state index is -1.45. The van der Waals surface area contributed by atoms with E-state index in [4.69, 9.17) is 10.3 Å². The largest absolute Gasteiger partial charge is 0.372 e. The molecule has 148 valence electrons. The van der Waals surface area contributed by atoms with Gasteiger partial charge in [0.05, 0.1) is 5.69 Å². The van der Waals surface area contributed by atoms with Crippen molar-refractivity contribution in [2.24, 2.45) is 5.73 Å². The number of primary amides is 1. The van der Waals surface area contributed by atoms with Crippen molar-refractivity contribution >= 4 is 5.91 Å². The number of nitrogens with two attached hydrogens (primary N) is 1. The van der Waals surface area contributed by atoms with E-state index in [9.17, 15) is 9.90 Å². The Morgan fingerprint density at radius 1 is 1.34 bits per heavy atom. The number of carbonyl (C=O) groups excluding carboxylic acids is 1. The van der Waals surface area contributed by atoms with Gasteiger partial charge >= 0.3 is 0 Å². The van der Waals surface area contributed by atoms with Crippen LogP contribution >= 0.6 is 0 Å². The molecule has 8 nitrogen and oxygen atoms in total. The molecule has 0 radical (unpaired) electrons. The second kappa shape index (κ2) is 7.18. The van der Waals surface area contributed by atoms with Crippen molar-refractivity contribution in [3.05, 3.63) is 58.4 Å². The van der Waals surface area contributed by atoms with Crippen LogP contribution in [0, 0.1) is 18.8 Å². The Labute approximate surface area is 167 Å². The van der Waals surface area contributed by atoms with Crippen LogP contribution < -0.4 is 5.73 Å². The first-order valence-electron chi connectivity index (χ1n) is 9.41. The summed E-state index contributed by atoms with van der Waals surface area (Å²) in [6.45, 7) is 3.31. The zero-order valence-corrected chi connectivity index (χ0v) is 16.3. The summed E-state index contributed by atoms with van der Waals surface area (Å²) >= 11 is 0. The van der Waals surface area contributed by atoms with E-state index in [2.05, 4.69) is 27.1 Å². The molecule has 0 aromatic carbocycles. The summed E-state index contributed by atoms with van der Waals surface area (Å²) in [5.41, 5.74) is 7.24. The van der Waals surface area contributed by atoms with Crippen molar-refractivity contribution in [3.63, 3.8) is 0 Å². The van der Waals surface area contributed by atoms with Gasteiger partial charge in [0.2, 0.25) is 0 Å². The highest BCUT2D eigenvalue weighted by Crippen LogP contribution is 2.26. The highest BCUT2D eigenvalue weighted by Gasteiger charge is 2.25. The lowest BCUT2D eigenvalue weighted by Gasteiger charge is -2.13. The molecule has 8 heteroatoms. The lowest BCUT2D eigenvalue weighted by molar-refractivity contribution is 0.0994. The molecule has 1 aliphatic carbocycles. The fourth-order valence-corrected chi connectivity index (χ4v) is 3.45. The summed E-state index contributed by atoms with van der Waals surface area (Å²) < 4.78 is 6.70. The number of hydrogen-bond acceptors (Lipinski definition) is 6. The van der Waals surface area contributed by atoms with Crippen LogP contribution in [0.4, 0.5) is 0 Å². The van der Waals surface area contributed by atoms with Crippen LogP contribution in [0.25, 0.3) is 5.82 Å². The molecule has 0 fully saturated rings. The monoisotopic (exact) mass is 391 g/mol. The van der Waals surface area contributed by atoms with Gasteiger partial charge in [0.1, 0.15) is 11.5 Å². The number of aryl methyl sites for hydroxylation is 1. The second-order valence-corrected chi connectivity index (χ2v) is 7.30. The smallest absolute Gasteiger partial charge is 0.269 e. The molecule has 3 aromatic rings.